The van der Waals surface area contributed by atoms with Gasteiger partial charge in [-0.3, -0.25) is 14.5 Å². The average molecular weight is 425 g/mol. The molecule has 0 radical (unpaired) electrons. The molecule has 5 heterocycles. The number of likely N-dealkylation sites (tertiary alicyclic amines) is 1. The molecule has 3 aromatic rings. The topological polar surface area (TPSA) is 80.0 Å². The molecule has 10 heteroatoms. The molecule has 0 aliphatic carbocycles. The Morgan fingerprint density at radius 3 is 2.68 bits per heavy atom. The minimum atomic E-state index is -2.80. The van der Waals surface area contributed by atoms with Gasteiger partial charge in [0.1, 0.15) is 0 Å². The summed E-state index contributed by atoms with van der Waals surface area (Å²) in [5.41, 5.74) is 5.02. The Labute approximate surface area is 177 Å². The Morgan fingerprint density at radius 2 is 2.00 bits per heavy atom. The van der Waals surface area contributed by atoms with Crippen molar-refractivity contribution >= 4 is 11.7 Å². The first-order chi connectivity index (χ1) is 14.8. The highest BCUT2D eigenvalue weighted by molar-refractivity contribution is 5.93. The fourth-order valence-electron chi connectivity index (χ4n) is 4.12. The second-order valence-electron chi connectivity index (χ2n) is 8.09. The van der Waals surface area contributed by atoms with Crippen molar-refractivity contribution < 1.29 is 13.6 Å². The molecule has 1 fully saturated rings. The number of fused-ring (bicyclic) bond motifs is 1. The molecule has 3 aromatic heterocycles. The average Bonchev–Trinajstić information content (AvgIpc) is 3.16. The van der Waals surface area contributed by atoms with Crippen LogP contribution < -0.4 is 4.90 Å². The van der Waals surface area contributed by atoms with E-state index in [1.54, 1.807) is 12.3 Å². The van der Waals surface area contributed by atoms with Gasteiger partial charge >= 0.3 is 0 Å². The van der Waals surface area contributed by atoms with E-state index in [1.165, 1.54) is 0 Å². The maximum Gasteiger partial charge on any atom is 0.282 e. The van der Waals surface area contributed by atoms with Crippen molar-refractivity contribution in [1.82, 2.24) is 29.9 Å². The van der Waals surface area contributed by atoms with Gasteiger partial charge in [-0.05, 0) is 36.2 Å². The lowest BCUT2D eigenvalue weighted by molar-refractivity contribution is -0.113. The van der Waals surface area contributed by atoms with Crippen molar-refractivity contribution in [3.63, 3.8) is 0 Å². The summed E-state index contributed by atoms with van der Waals surface area (Å²) in [5.74, 6) is -2.63. The fourth-order valence-corrected chi connectivity index (χ4v) is 4.12. The molecule has 0 atom stereocenters. The first kappa shape index (κ1) is 19.5. The molecule has 160 valence electrons. The number of hydrogen-bond acceptors (Lipinski definition) is 6. The van der Waals surface area contributed by atoms with Crippen molar-refractivity contribution in [2.75, 3.05) is 24.5 Å². The Hall–Kier alpha value is -3.43. The van der Waals surface area contributed by atoms with Gasteiger partial charge in [0.15, 0.2) is 11.5 Å². The number of aryl methyl sites for hydroxylation is 2. The van der Waals surface area contributed by atoms with E-state index < -0.39 is 24.9 Å². The summed E-state index contributed by atoms with van der Waals surface area (Å²) in [6.07, 6.45) is 4.39. The van der Waals surface area contributed by atoms with E-state index in [0.29, 0.717) is 12.4 Å². The number of halogens is 2. The summed E-state index contributed by atoms with van der Waals surface area (Å²) in [5, 5.41) is 12.5. The molecular formula is C21H21F2N7O. The van der Waals surface area contributed by atoms with Gasteiger partial charge in [0.25, 0.3) is 11.8 Å². The van der Waals surface area contributed by atoms with Gasteiger partial charge in [-0.15, -0.1) is 10.2 Å². The number of pyridine rings is 1. The van der Waals surface area contributed by atoms with Crippen molar-refractivity contribution in [2.24, 2.45) is 7.05 Å². The van der Waals surface area contributed by atoms with Gasteiger partial charge in [0.2, 0.25) is 0 Å². The molecule has 2 aliphatic rings. The zero-order valence-electron chi connectivity index (χ0n) is 17.2. The number of aromatic nitrogens is 5. The third kappa shape index (κ3) is 3.51. The van der Waals surface area contributed by atoms with Gasteiger partial charge in [0, 0.05) is 50.2 Å². The van der Waals surface area contributed by atoms with E-state index in [0.717, 1.165) is 45.9 Å². The largest absolute Gasteiger partial charge is 0.350 e. The second-order valence-corrected chi connectivity index (χ2v) is 8.09. The predicted molar refractivity (Wildman–Crippen MR) is 109 cm³/mol. The van der Waals surface area contributed by atoms with Crippen LogP contribution in [0.5, 0.6) is 0 Å². The van der Waals surface area contributed by atoms with Crippen molar-refractivity contribution in [3.8, 4) is 11.3 Å². The fraction of sp³-hybridized carbons (Fsp3) is 0.381. The maximum atomic E-state index is 13.1. The molecule has 0 unspecified atom stereocenters. The zero-order valence-corrected chi connectivity index (χ0v) is 17.2. The molecule has 0 saturated carbocycles. The molecule has 31 heavy (non-hydrogen) atoms. The van der Waals surface area contributed by atoms with Crippen molar-refractivity contribution in [3.05, 3.63) is 53.1 Å². The summed E-state index contributed by atoms with van der Waals surface area (Å²) in [4.78, 5) is 20.2. The number of hydrogen-bond donors (Lipinski definition) is 0. The highest BCUT2D eigenvalue weighted by Crippen LogP contribution is 2.30. The lowest BCUT2D eigenvalue weighted by Gasteiger charge is -2.38. The van der Waals surface area contributed by atoms with E-state index in [-0.39, 0.29) is 5.69 Å². The van der Waals surface area contributed by atoms with Gasteiger partial charge in [0.05, 0.1) is 18.8 Å². The van der Waals surface area contributed by atoms with Crippen LogP contribution in [-0.2, 0) is 20.0 Å². The second kappa shape index (κ2) is 7.07. The molecule has 0 N–H and O–H groups in total. The lowest BCUT2D eigenvalue weighted by Crippen LogP contribution is -2.58. The van der Waals surface area contributed by atoms with Crippen molar-refractivity contribution in [2.45, 2.75) is 25.8 Å². The highest BCUT2D eigenvalue weighted by Gasteiger charge is 2.46. The molecule has 0 spiro atoms. The van der Waals surface area contributed by atoms with Crippen molar-refractivity contribution in [1.29, 1.82) is 0 Å². The summed E-state index contributed by atoms with van der Waals surface area (Å²) in [6.45, 7) is 2.07. The third-order valence-corrected chi connectivity index (χ3v) is 5.76. The minimum absolute atomic E-state index is 0.0920. The standard InChI is InChI=1S/C21H21F2N7O/c1-13-7-17(20(31)30-11-21(22,23)12-30)26-27-19(13)29-6-4-16-15(10-29)8-14(9-24-16)18-3-5-25-28(18)2/h3,5,7-9H,4,6,10-12H2,1-2H3. The number of anilines is 1. The number of carbonyl (C=O) groups excluding carboxylic acids is 1. The minimum Gasteiger partial charge on any atom is -0.350 e. The number of carbonyl (C=O) groups is 1. The molecule has 0 bridgehead atoms. The maximum absolute atomic E-state index is 13.1. The summed E-state index contributed by atoms with van der Waals surface area (Å²) >= 11 is 0. The summed E-state index contributed by atoms with van der Waals surface area (Å²) in [7, 11) is 1.89. The van der Waals surface area contributed by atoms with Crippen LogP contribution in [0.1, 0.15) is 27.3 Å². The molecule has 2 aliphatic heterocycles. The lowest BCUT2D eigenvalue weighted by atomic mass is 10.0. The van der Waals surface area contributed by atoms with Crippen LogP contribution in [-0.4, -0.2) is 61.3 Å². The van der Waals surface area contributed by atoms with Gasteiger partial charge in [-0.1, -0.05) is 0 Å². The number of amides is 1. The molecular weight excluding hydrogens is 404 g/mol. The first-order valence-electron chi connectivity index (χ1n) is 10.0. The number of alkyl halides is 2. The Morgan fingerprint density at radius 1 is 1.19 bits per heavy atom. The van der Waals surface area contributed by atoms with E-state index in [4.69, 9.17) is 0 Å². The summed E-state index contributed by atoms with van der Waals surface area (Å²) in [6, 6.07) is 5.69. The highest BCUT2D eigenvalue weighted by atomic mass is 19.3. The Bertz CT molecular complexity index is 1170. The molecule has 0 aromatic carbocycles. The molecule has 1 amide bonds. The van der Waals surface area contributed by atoms with Crippen LogP contribution in [0.25, 0.3) is 11.3 Å². The van der Waals surface area contributed by atoms with Crippen LogP contribution in [0.15, 0.2) is 30.6 Å². The molecule has 8 nitrogen and oxygen atoms in total. The normalized spacial score (nSPS) is 17.3. The van der Waals surface area contributed by atoms with E-state index in [2.05, 4.69) is 31.2 Å². The first-order valence-corrected chi connectivity index (χ1v) is 10.0. The van der Waals surface area contributed by atoms with Crippen LogP contribution in [0.4, 0.5) is 14.6 Å². The quantitative estimate of drug-likeness (QED) is 0.640. The van der Waals surface area contributed by atoms with E-state index in [1.807, 2.05) is 30.9 Å². The van der Waals surface area contributed by atoms with Crippen LogP contribution >= 0.6 is 0 Å². The Kier molecular flexibility index (Phi) is 4.45. The Balaban J connectivity index is 1.36. The zero-order chi connectivity index (χ0) is 21.8. The van der Waals surface area contributed by atoms with E-state index in [9.17, 15) is 13.6 Å². The van der Waals surface area contributed by atoms with Gasteiger partial charge < -0.3 is 9.80 Å². The number of nitrogens with zero attached hydrogens (tertiary/aromatic N) is 7. The van der Waals surface area contributed by atoms with Crippen LogP contribution in [0.2, 0.25) is 0 Å². The monoisotopic (exact) mass is 425 g/mol. The SMILES string of the molecule is Cc1cc(C(=O)N2CC(F)(F)C2)nnc1N1CCc2ncc(-c3ccnn3C)cc2C1. The van der Waals surface area contributed by atoms with Gasteiger partial charge in [-0.2, -0.15) is 5.10 Å². The van der Waals surface area contributed by atoms with Gasteiger partial charge in [-0.25, -0.2) is 8.78 Å². The predicted octanol–water partition coefficient (Wildman–Crippen LogP) is 2.23. The van der Waals surface area contributed by atoms with Crippen LogP contribution in [0.3, 0.4) is 0 Å². The molecule has 1 saturated heterocycles. The smallest absolute Gasteiger partial charge is 0.282 e. The number of rotatable bonds is 3. The summed E-state index contributed by atoms with van der Waals surface area (Å²) < 4.78 is 27.9. The molecule has 5 rings (SSSR count). The van der Waals surface area contributed by atoms with E-state index >= 15 is 0 Å². The van der Waals surface area contributed by atoms with Crippen LogP contribution in [0, 0.1) is 6.92 Å². The third-order valence-electron chi connectivity index (χ3n) is 5.76.